The summed E-state index contributed by atoms with van der Waals surface area (Å²) in [5.74, 6) is -1.70. The van der Waals surface area contributed by atoms with Gasteiger partial charge in [-0.2, -0.15) is 5.26 Å². The topological polar surface area (TPSA) is 56.6 Å². The summed E-state index contributed by atoms with van der Waals surface area (Å²) in [5, 5.41) is 8.75. The van der Waals surface area contributed by atoms with Gasteiger partial charge in [-0.15, -0.1) is 12.6 Å². The van der Waals surface area contributed by atoms with Crippen LogP contribution in [0.5, 0.6) is 0 Å². The van der Waals surface area contributed by atoms with Crippen molar-refractivity contribution in [3.63, 3.8) is 0 Å². The lowest BCUT2D eigenvalue weighted by atomic mass is 10.1. The number of nitrogens with one attached hydrogen (secondary N) is 1. The van der Waals surface area contributed by atoms with Crippen LogP contribution in [0, 0.1) is 23.0 Å². The van der Waals surface area contributed by atoms with Gasteiger partial charge in [0.25, 0.3) is 0 Å². The van der Waals surface area contributed by atoms with E-state index in [9.17, 15) is 13.6 Å². The molecule has 0 aliphatic carbocycles. The van der Waals surface area contributed by atoms with Crippen molar-refractivity contribution in [3.05, 3.63) is 63.8 Å². The van der Waals surface area contributed by atoms with Gasteiger partial charge in [-0.1, -0.05) is 0 Å². The maximum atomic E-state index is 13.7. The third-order valence-electron chi connectivity index (χ3n) is 3.26. The van der Waals surface area contributed by atoms with Gasteiger partial charge in [-0.25, -0.2) is 8.78 Å². The molecule has 3 aromatic rings. The van der Waals surface area contributed by atoms with Crippen molar-refractivity contribution < 1.29 is 8.78 Å². The molecule has 0 unspecified atom stereocenters. The fourth-order valence-electron chi connectivity index (χ4n) is 2.27. The summed E-state index contributed by atoms with van der Waals surface area (Å²) in [5.41, 5.74) is 0.709. The number of nitrogens with zero attached hydrogens (tertiary/aromatic N) is 1. The summed E-state index contributed by atoms with van der Waals surface area (Å²) >= 11 is 4.28. The summed E-state index contributed by atoms with van der Waals surface area (Å²) < 4.78 is 27.1. The number of hydrogen-bond donors (Lipinski definition) is 2. The average molecular weight is 314 g/mol. The zero-order valence-corrected chi connectivity index (χ0v) is 11.9. The molecular weight excluding hydrogens is 306 g/mol. The number of nitriles is 1. The minimum absolute atomic E-state index is 0.0510. The van der Waals surface area contributed by atoms with Gasteiger partial charge < -0.3 is 4.98 Å². The standard InChI is InChI=1S/C16H8F2N2OS/c17-9-4-11(18)16-13(5-9)20-12(6-14(16)21)10-3-8(7-19)1-2-15(10)22/h1-6,22H,(H,20,21). The number of thiol groups is 1. The summed E-state index contributed by atoms with van der Waals surface area (Å²) in [6, 6.07) is 9.67. The lowest BCUT2D eigenvalue weighted by molar-refractivity contribution is 0.591. The lowest BCUT2D eigenvalue weighted by Crippen LogP contribution is -2.06. The predicted molar refractivity (Wildman–Crippen MR) is 81.9 cm³/mol. The van der Waals surface area contributed by atoms with Crippen molar-refractivity contribution in [2.24, 2.45) is 0 Å². The minimum Gasteiger partial charge on any atom is -0.354 e. The highest BCUT2D eigenvalue weighted by Crippen LogP contribution is 2.27. The van der Waals surface area contributed by atoms with E-state index in [4.69, 9.17) is 5.26 Å². The molecule has 0 saturated heterocycles. The molecule has 1 N–H and O–H groups in total. The molecule has 0 amide bonds. The smallest absolute Gasteiger partial charge is 0.192 e. The zero-order chi connectivity index (χ0) is 15.9. The first-order valence-electron chi connectivity index (χ1n) is 6.25. The Hall–Kier alpha value is -2.65. The normalized spacial score (nSPS) is 10.6. The summed E-state index contributed by atoms with van der Waals surface area (Å²) in [7, 11) is 0. The Morgan fingerprint density at radius 3 is 2.64 bits per heavy atom. The molecule has 0 bridgehead atoms. The highest BCUT2D eigenvalue weighted by molar-refractivity contribution is 7.80. The molecule has 108 valence electrons. The third-order valence-corrected chi connectivity index (χ3v) is 3.65. The second-order valence-electron chi connectivity index (χ2n) is 4.70. The van der Waals surface area contributed by atoms with Crippen LogP contribution < -0.4 is 5.43 Å². The Bertz CT molecular complexity index is 1010. The van der Waals surface area contributed by atoms with Gasteiger partial charge in [-0.3, -0.25) is 4.79 Å². The molecule has 0 fully saturated rings. The van der Waals surface area contributed by atoms with Crippen molar-refractivity contribution >= 4 is 23.5 Å². The number of fused-ring (bicyclic) bond motifs is 1. The van der Waals surface area contributed by atoms with E-state index in [1.165, 1.54) is 6.07 Å². The van der Waals surface area contributed by atoms with E-state index in [1.807, 2.05) is 6.07 Å². The SMILES string of the molecule is N#Cc1ccc(S)c(-c2cc(=O)c3c(F)cc(F)cc3[nH]2)c1. The maximum absolute atomic E-state index is 13.7. The Morgan fingerprint density at radius 2 is 1.91 bits per heavy atom. The first-order valence-corrected chi connectivity index (χ1v) is 6.70. The molecule has 0 atom stereocenters. The van der Waals surface area contributed by atoms with E-state index in [0.717, 1.165) is 6.07 Å². The Balaban J connectivity index is 2.34. The van der Waals surface area contributed by atoms with Gasteiger partial charge >= 0.3 is 0 Å². The number of aromatic nitrogens is 1. The van der Waals surface area contributed by atoms with E-state index in [1.54, 1.807) is 18.2 Å². The monoisotopic (exact) mass is 314 g/mol. The van der Waals surface area contributed by atoms with Gasteiger partial charge in [-0.05, 0) is 24.3 Å². The molecule has 0 aliphatic heterocycles. The first kappa shape index (κ1) is 14.3. The lowest BCUT2D eigenvalue weighted by Gasteiger charge is -2.08. The predicted octanol–water partition coefficient (Wildman–Crippen LogP) is 3.63. The molecule has 1 heterocycles. The van der Waals surface area contributed by atoms with Gasteiger partial charge in [0.2, 0.25) is 0 Å². The Kier molecular flexibility index (Phi) is 3.43. The van der Waals surface area contributed by atoms with Crippen molar-refractivity contribution in [2.75, 3.05) is 0 Å². The van der Waals surface area contributed by atoms with Crippen molar-refractivity contribution in [1.29, 1.82) is 5.26 Å². The molecule has 22 heavy (non-hydrogen) atoms. The van der Waals surface area contributed by atoms with Crippen LogP contribution in [0.25, 0.3) is 22.2 Å². The Morgan fingerprint density at radius 1 is 1.14 bits per heavy atom. The summed E-state index contributed by atoms with van der Waals surface area (Å²) in [6.07, 6.45) is 0. The van der Waals surface area contributed by atoms with Gasteiger partial charge in [0, 0.05) is 22.6 Å². The first-order chi connectivity index (χ1) is 10.5. The Labute approximate surface area is 129 Å². The second-order valence-corrected chi connectivity index (χ2v) is 5.18. The molecule has 3 rings (SSSR count). The van der Waals surface area contributed by atoms with E-state index >= 15 is 0 Å². The minimum atomic E-state index is -0.917. The number of pyridine rings is 1. The van der Waals surface area contributed by atoms with Crippen molar-refractivity contribution in [2.45, 2.75) is 4.90 Å². The van der Waals surface area contributed by atoms with Crippen LogP contribution in [-0.2, 0) is 0 Å². The van der Waals surface area contributed by atoms with Crippen LogP contribution in [0.1, 0.15) is 5.56 Å². The molecule has 0 spiro atoms. The molecule has 3 nitrogen and oxygen atoms in total. The van der Waals surface area contributed by atoms with Crippen LogP contribution in [0.15, 0.2) is 46.1 Å². The highest BCUT2D eigenvalue weighted by Gasteiger charge is 2.12. The van der Waals surface area contributed by atoms with E-state index in [2.05, 4.69) is 17.6 Å². The molecule has 1 aromatic heterocycles. The van der Waals surface area contributed by atoms with Crippen LogP contribution in [-0.4, -0.2) is 4.98 Å². The van der Waals surface area contributed by atoms with E-state index in [-0.39, 0.29) is 10.9 Å². The summed E-state index contributed by atoms with van der Waals surface area (Å²) in [4.78, 5) is 15.5. The number of aromatic amines is 1. The number of H-pyrrole nitrogens is 1. The van der Waals surface area contributed by atoms with Crippen molar-refractivity contribution in [1.82, 2.24) is 4.98 Å². The van der Waals surface area contributed by atoms with E-state index in [0.29, 0.717) is 27.8 Å². The van der Waals surface area contributed by atoms with Gasteiger partial charge in [0.05, 0.1) is 28.2 Å². The number of rotatable bonds is 1. The van der Waals surface area contributed by atoms with Gasteiger partial charge in [0.15, 0.2) is 5.43 Å². The fraction of sp³-hybridized carbons (Fsp3) is 0. The maximum Gasteiger partial charge on any atom is 0.192 e. The van der Waals surface area contributed by atoms with Crippen LogP contribution in [0.4, 0.5) is 8.78 Å². The quantitative estimate of drug-likeness (QED) is 0.674. The van der Waals surface area contributed by atoms with E-state index < -0.39 is 17.1 Å². The zero-order valence-electron chi connectivity index (χ0n) is 11.0. The molecule has 2 aromatic carbocycles. The fourth-order valence-corrected chi connectivity index (χ4v) is 2.53. The third kappa shape index (κ3) is 2.36. The molecule has 0 saturated carbocycles. The molecule has 6 heteroatoms. The average Bonchev–Trinajstić information content (AvgIpc) is 2.46. The number of halogens is 2. The largest absolute Gasteiger partial charge is 0.354 e. The van der Waals surface area contributed by atoms with Crippen LogP contribution in [0.3, 0.4) is 0 Å². The van der Waals surface area contributed by atoms with Gasteiger partial charge in [0.1, 0.15) is 11.6 Å². The number of hydrogen-bond acceptors (Lipinski definition) is 3. The van der Waals surface area contributed by atoms with Crippen LogP contribution >= 0.6 is 12.6 Å². The highest BCUT2D eigenvalue weighted by atomic mass is 32.1. The number of benzene rings is 2. The molecule has 0 radical (unpaired) electrons. The molecule has 0 aliphatic rings. The van der Waals surface area contributed by atoms with Crippen LogP contribution in [0.2, 0.25) is 0 Å². The molecular formula is C16H8F2N2OS. The van der Waals surface area contributed by atoms with Crippen molar-refractivity contribution in [3.8, 4) is 17.3 Å². The second kappa shape index (κ2) is 5.28. The summed E-state index contributed by atoms with van der Waals surface area (Å²) in [6.45, 7) is 0.